The molecule has 178 valence electrons. The van der Waals surface area contributed by atoms with Crippen LogP contribution in [-0.4, -0.2) is 26.2 Å². The van der Waals surface area contributed by atoms with E-state index >= 15 is 0 Å². The van der Waals surface area contributed by atoms with E-state index in [1.54, 1.807) is 36.0 Å². The molecule has 0 spiro atoms. The molecule has 2 aromatic heterocycles. The lowest BCUT2D eigenvalue weighted by molar-refractivity contribution is -0.122. The van der Waals surface area contributed by atoms with Gasteiger partial charge in [0.05, 0.1) is 17.7 Å². The molecule has 3 heterocycles. The van der Waals surface area contributed by atoms with Gasteiger partial charge in [-0.3, -0.25) is 19.1 Å². The zero-order chi connectivity index (χ0) is 24.9. The van der Waals surface area contributed by atoms with Crippen molar-refractivity contribution in [1.29, 1.82) is 5.26 Å². The lowest BCUT2D eigenvalue weighted by Crippen LogP contribution is -2.28. The highest BCUT2D eigenvalue weighted by Crippen LogP contribution is 2.35. The monoisotopic (exact) mass is 504 g/mol. The van der Waals surface area contributed by atoms with Gasteiger partial charge >= 0.3 is 0 Å². The average molecular weight is 505 g/mol. The summed E-state index contributed by atoms with van der Waals surface area (Å²) in [6, 6.07) is 15.6. The Bertz CT molecular complexity index is 1390. The van der Waals surface area contributed by atoms with Gasteiger partial charge in [0, 0.05) is 18.7 Å². The summed E-state index contributed by atoms with van der Waals surface area (Å²) < 4.78 is 7.35. The minimum atomic E-state index is -0.350. The molecule has 1 aliphatic rings. The largest absolute Gasteiger partial charge is 0.467 e. The highest BCUT2D eigenvalue weighted by Gasteiger charge is 2.33. The van der Waals surface area contributed by atoms with Crippen LogP contribution in [0.25, 0.3) is 6.08 Å². The summed E-state index contributed by atoms with van der Waals surface area (Å²) in [5.74, 6) is 0.980. The number of anilines is 1. The first-order valence-corrected chi connectivity index (χ1v) is 12.4. The van der Waals surface area contributed by atoms with E-state index in [2.05, 4.69) is 5.32 Å². The molecule has 0 saturated carbocycles. The van der Waals surface area contributed by atoms with Gasteiger partial charge in [-0.05, 0) is 49.6 Å². The first kappa shape index (κ1) is 24.5. The van der Waals surface area contributed by atoms with Gasteiger partial charge in [-0.1, -0.05) is 54.3 Å². The Labute approximate surface area is 213 Å². The van der Waals surface area contributed by atoms with Crippen molar-refractivity contribution in [3.05, 3.63) is 92.0 Å². The summed E-state index contributed by atoms with van der Waals surface area (Å²) in [6.45, 7) is 4.79. The normalized spacial score (nSPS) is 14.5. The predicted octanol–water partition coefficient (Wildman–Crippen LogP) is 4.70. The van der Waals surface area contributed by atoms with E-state index in [1.165, 1.54) is 16.7 Å². The smallest absolute Gasteiger partial charge is 0.270 e. The molecule has 1 aliphatic heterocycles. The van der Waals surface area contributed by atoms with E-state index < -0.39 is 0 Å². The summed E-state index contributed by atoms with van der Waals surface area (Å²) >= 11 is 6.65. The standard InChI is InChI=1S/C26H24N4O3S2/c1-3-29-23(28-12-11-18-8-5-4-6-9-18)20(17(2)21(15-27)24(29)31)14-22-25(32)30(26(34)35-22)16-19-10-7-13-33-19/h4-10,13-14,28H,3,11-12,16H2,1-2H3/b22-14+. The first-order chi connectivity index (χ1) is 16.9. The minimum absolute atomic E-state index is 0.0674. The number of pyridine rings is 1. The van der Waals surface area contributed by atoms with Gasteiger partial charge < -0.3 is 9.73 Å². The molecule has 3 aromatic rings. The second kappa shape index (κ2) is 10.8. The number of amides is 1. The Morgan fingerprint density at radius 2 is 1.97 bits per heavy atom. The molecule has 0 bridgehead atoms. The van der Waals surface area contributed by atoms with Gasteiger partial charge in [0.25, 0.3) is 11.5 Å². The summed E-state index contributed by atoms with van der Waals surface area (Å²) in [4.78, 5) is 28.1. The fourth-order valence-corrected chi connectivity index (χ4v) is 5.19. The molecular formula is C26H24N4O3S2. The molecule has 1 amide bonds. The number of benzene rings is 1. The van der Waals surface area contributed by atoms with Gasteiger partial charge in [0.1, 0.15) is 27.5 Å². The van der Waals surface area contributed by atoms with Crippen molar-refractivity contribution in [2.45, 2.75) is 33.4 Å². The molecule has 1 N–H and O–H groups in total. The number of thiocarbonyl (C=S) groups is 1. The van der Waals surface area contributed by atoms with Crippen molar-refractivity contribution < 1.29 is 9.21 Å². The van der Waals surface area contributed by atoms with Crippen LogP contribution in [0.2, 0.25) is 0 Å². The number of furan rings is 1. The maximum Gasteiger partial charge on any atom is 0.270 e. The lowest BCUT2D eigenvalue weighted by atomic mass is 10.0. The third-order valence-corrected chi connectivity index (χ3v) is 7.16. The maximum absolute atomic E-state index is 13.2. The summed E-state index contributed by atoms with van der Waals surface area (Å²) in [5, 5.41) is 13.1. The third kappa shape index (κ3) is 5.09. The Morgan fingerprint density at radius 3 is 2.63 bits per heavy atom. The minimum Gasteiger partial charge on any atom is -0.467 e. The van der Waals surface area contributed by atoms with Gasteiger partial charge in [0.2, 0.25) is 0 Å². The quantitative estimate of drug-likeness (QED) is 0.351. The highest BCUT2D eigenvalue weighted by atomic mass is 32.2. The summed E-state index contributed by atoms with van der Waals surface area (Å²) in [7, 11) is 0. The van der Waals surface area contributed by atoms with Crippen LogP contribution < -0.4 is 10.9 Å². The number of thioether (sulfide) groups is 1. The van der Waals surface area contributed by atoms with Crippen LogP contribution >= 0.6 is 24.0 Å². The van der Waals surface area contributed by atoms with Crippen LogP contribution in [-0.2, 0) is 24.3 Å². The predicted molar refractivity (Wildman–Crippen MR) is 142 cm³/mol. The molecular weight excluding hydrogens is 480 g/mol. The van der Waals surface area contributed by atoms with Crippen LogP contribution in [0.1, 0.15) is 34.9 Å². The van der Waals surface area contributed by atoms with E-state index in [0.29, 0.717) is 45.0 Å². The molecule has 1 fully saturated rings. The highest BCUT2D eigenvalue weighted by molar-refractivity contribution is 8.26. The van der Waals surface area contributed by atoms with E-state index in [-0.39, 0.29) is 23.6 Å². The van der Waals surface area contributed by atoms with Crippen LogP contribution in [0, 0.1) is 18.3 Å². The number of hydrogen-bond acceptors (Lipinski definition) is 7. The molecule has 4 rings (SSSR count). The van der Waals surface area contributed by atoms with Crippen molar-refractivity contribution in [3.63, 3.8) is 0 Å². The second-order valence-corrected chi connectivity index (χ2v) is 9.61. The van der Waals surface area contributed by atoms with Crippen LogP contribution in [0.15, 0.2) is 62.8 Å². The summed E-state index contributed by atoms with van der Waals surface area (Å²) in [6.07, 6.45) is 4.04. The number of nitriles is 1. The summed E-state index contributed by atoms with van der Waals surface area (Å²) in [5.41, 5.74) is 2.04. The van der Waals surface area contributed by atoms with E-state index in [9.17, 15) is 14.9 Å². The van der Waals surface area contributed by atoms with Crippen molar-refractivity contribution in [3.8, 4) is 6.07 Å². The Kier molecular flexibility index (Phi) is 7.54. The zero-order valence-corrected chi connectivity index (χ0v) is 21.0. The fourth-order valence-electron chi connectivity index (χ4n) is 3.95. The fraction of sp³-hybridized carbons (Fsp3) is 0.231. The number of carbonyl (C=O) groups is 1. The number of rotatable bonds is 8. The Morgan fingerprint density at radius 1 is 1.20 bits per heavy atom. The van der Waals surface area contributed by atoms with Gasteiger partial charge in [-0.25, -0.2) is 0 Å². The molecule has 0 aliphatic carbocycles. The van der Waals surface area contributed by atoms with Crippen molar-refractivity contribution in [1.82, 2.24) is 9.47 Å². The first-order valence-electron chi connectivity index (χ1n) is 11.2. The van der Waals surface area contributed by atoms with Crippen molar-refractivity contribution in [2.75, 3.05) is 11.9 Å². The third-order valence-electron chi connectivity index (χ3n) is 5.78. The SMILES string of the molecule is CCn1c(NCCc2ccccc2)c(/C=C2/SC(=S)N(Cc3ccco3)C2=O)c(C)c(C#N)c1=O. The topological polar surface area (TPSA) is 91.3 Å². The molecule has 1 saturated heterocycles. The molecule has 0 unspecified atom stereocenters. The molecule has 35 heavy (non-hydrogen) atoms. The number of nitrogens with zero attached hydrogens (tertiary/aromatic N) is 3. The molecule has 0 radical (unpaired) electrons. The number of aromatic nitrogens is 1. The Balaban J connectivity index is 1.71. The van der Waals surface area contributed by atoms with E-state index in [0.717, 1.165) is 12.0 Å². The second-order valence-electron chi connectivity index (χ2n) is 7.93. The molecule has 7 nitrogen and oxygen atoms in total. The molecule has 1 aromatic carbocycles. The van der Waals surface area contributed by atoms with Gasteiger partial charge in [-0.2, -0.15) is 5.26 Å². The van der Waals surface area contributed by atoms with Crippen LogP contribution in [0.5, 0.6) is 0 Å². The van der Waals surface area contributed by atoms with Gasteiger partial charge in [0.15, 0.2) is 0 Å². The van der Waals surface area contributed by atoms with E-state index in [4.69, 9.17) is 16.6 Å². The average Bonchev–Trinajstić information content (AvgIpc) is 3.46. The lowest BCUT2D eigenvalue weighted by Gasteiger charge is -2.19. The number of hydrogen-bond donors (Lipinski definition) is 1. The van der Waals surface area contributed by atoms with Gasteiger partial charge in [-0.15, -0.1) is 0 Å². The maximum atomic E-state index is 13.2. The zero-order valence-electron chi connectivity index (χ0n) is 19.4. The van der Waals surface area contributed by atoms with Crippen LogP contribution in [0.3, 0.4) is 0 Å². The molecule has 0 atom stereocenters. The molecule has 9 heteroatoms. The van der Waals surface area contributed by atoms with Crippen molar-refractivity contribution in [2.24, 2.45) is 0 Å². The van der Waals surface area contributed by atoms with Crippen molar-refractivity contribution >= 4 is 46.1 Å². The van der Waals surface area contributed by atoms with Crippen LogP contribution in [0.4, 0.5) is 5.82 Å². The van der Waals surface area contributed by atoms with E-state index in [1.807, 2.05) is 43.3 Å². The number of carbonyl (C=O) groups excluding carboxylic acids is 1. The Hall–Kier alpha value is -3.61. The number of nitrogens with one attached hydrogen (secondary N) is 1.